The summed E-state index contributed by atoms with van der Waals surface area (Å²) in [6.07, 6.45) is 13.7. The van der Waals surface area contributed by atoms with E-state index in [2.05, 4.69) is 50.5 Å². The van der Waals surface area contributed by atoms with Crippen molar-refractivity contribution in [1.29, 1.82) is 0 Å². The lowest BCUT2D eigenvalue weighted by atomic mass is 9.44. The third kappa shape index (κ3) is 3.71. The normalized spacial score (nSPS) is 48.5. The second-order valence-corrected chi connectivity index (χ2v) is 11.6. The van der Waals surface area contributed by atoms with Gasteiger partial charge in [-0.05, 0) is 91.8 Å². The smallest absolute Gasteiger partial charge is 0.147 e. The van der Waals surface area contributed by atoms with Crippen LogP contribution in [0, 0.1) is 46.3 Å². The van der Waals surface area contributed by atoms with Crippen molar-refractivity contribution in [3.63, 3.8) is 0 Å². The molecule has 4 saturated carbocycles. The van der Waals surface area contributed by atoms with E-state index in [0.29, 0.717) is 27.9 Å². The highest BCUT2D eigenvalue weighted by molar-refractivity contribution is 9.09. The van der Waals surface area contributed by atoms with Crippen LogP contribution in [0.4, 0.5) is 0 Å². The van der Waals surface area contributed by atoms with Crippen LogP contribution >= 0.6 is 15.9 Å². The van der Waals surface area contributed by atoms with Gasteiger partial charge in [-0.25, -0.2) is 0 Å². The van der Waals surface area contributed by atoms with Gasteiger partial charge in [0.25, 0.3) is 0 Å². The third-order valence-electron chi connectivity index (χ3n) is 9.45. The van der Waals surface area contributed by atoms with Crippen molar-refractivity contribution in [1.82, 2.24) is 0 Å². The van der Waals surface area contributed by atoms with E-state index >= 15 is 0 Å². The summed E-state index contributed by atoms with van der Waals surface area (Å²) in [7, 11) is 0. The molecule has 0 aromatic rings. The summed E-state index contributed by atoms with van der Waals surface area (Å²) in [6.45, 7) is 11.8. The molecule has 8 unspecified atom stereocenters. The van der Waals surface area contributed by atoms with Gasteiger partial charge >= 0.3 is 0 Å². The summed E-state index contributed by atoms with van der Waals surface area (Å²) >= 11 is 3.44. The summed E-state index contributed by atoms with van der Waals surface area (Å²) in [5.41, 5.74) is 0.908. The Morgan fingerprint density at radius 2 is 1.56 bits per heavy atom. The van der Waals surface area contributed by atoms with Crippen molar-refractivity contribution in [2.24, 2.45) is 46.3 Å². The Morgan fingerprint density at radius 3 is 2.22 bits per heavy atom. The Kier molecular flexibility index (Phi) is 6.87. The van der Waals surface area contributed by atoms with Crippen LogP contribution in [0.25, 0.3) is 0 Å². The fourth-order valence-corrected chi connectivity index (χ4v) is 8.49. The summed E-state index contributed by atoms with van der Waals surface area (Å²) in [5.74, 6) is 5.41. The van der Waals surface area contributed by atoms with Crippen molar-refractivity contribution < 1.29 is 4.79 Å². The fourth-order valence-electron chi connectivity index (χ4n) is 8.09. The minimum absolute atomic E-state index is 0.303. The second-order valence-electron chi connectivity index (χ2n) is 11.0. The number of rotatable bonds is 2. The van der Waals surface area contributed by atoms with Crippen LogP contribution in [0.15, 0.2) is 0 Å². The van der Waals surface area contributed by atoms with Gasteiger partial charge in [0.1, 0.15) is 5.78 Å². The maximum atomic E-state index is 12.5. The molecule has 0 bridgehead atoms. The van der Waals surface area contributed by atoms with Crippen LogP contribution in [0.3, 0.4) is 0 Å². The summed E-state index contributed by atoms with van der Waals surface area (Å²) < 4.78 is 0. The first kappa shape index (κ1) is 21.8. The number of fused-ring (bicyclic) bond motifs is 5. The molecule has 27 heavy (non-hydrogen) atoms. The molecule has 8 atom stereocenters. The predicted molar refractivity (Wildman–Crippen MR) is 119 cm³/mol. The van der Waals surface area contributed by atoms with Gasteiger partial charge in [-0.15, -0.1) is 0 Å². The van der Waals surface area contributed by atoms with Gasteiger partial charge in [-0.3, -0.25) is 4.79 Å². The highest BCUT2D eigenvalue weighted by Crippen LogP contribution is 2.67. The highest BCUT2D eigenvalue weighted by Gasteiger charge is 2.60. The zero-order chi connectivity index (χ0) is 19.8. The van der Waals surface area contributed by atoms with Crippen molar-refractivity contribution in [3.8, 4) is 0 Å². The Balaban J connectivity index is 0.000000659. The van der Waals surface area contributed by atoms with Crippen LogP contribution in [-0.4, -0.2) is 11.1 Å². The maximum Gasteiger partial charge on any atom is 0.147 e. The number of carbonyl (C=O) groups is 1. The van der Waals surface area contributed by atoms with Crippen LogP contribution in [0.1, 0.15) is 98.8 Å². The van der Waals surface area contributed by atoms with Crippen molar-refractivity contribution >= 4 is 21.7 Å². The molecule has 1 nitrogen and oxygen atoms in total. The lowest BCUT2D eigenvalue weighted by Gasteiger charge is -2.61. The number of halogens is 1. The molecule has 0 saturated heterocycles. The van der Waals surface area contributed by atoms with E-state index in [0.717, 1.165) is 36.0 Å². The molecule has 4 aliphatic carbocycles. The van der Waals surface area contributed by atoms with Crippen LogP contribution < -0.4 is 0 Å². The van der Waals surface area contributed by atoms with Gasteiger partial charge in [0.05, 0.1) is 5.33 Å². The number of hydrogen-bond acceptors (Lipinski definition) is 1. The molecule has 4 aliphatic rings. The third-order valence-corrected chi connectivity index (χ3v) is 10.0. The number of carbonyl (C=O) groups excluding carboxylic acids is 1. The Labute approximate surface area is 177 Å². The Bertz CT molecular complexity index is 530. The maximum absolute atomic E-state index is 12.5. The van der Waals surface area contributed by atoms with E-state index < -0.39 is 0 Å². The molecular weight excluding hydrogens is 396 g/mol. The topological polar surface area (TPSA) is 17.1 Å². The predicted octanol–water partition coefficient (Wildman–Crippen LogP) is 7.66. The van der Waals surface area contributed by atoms with Crippen molar-refractivity contribution in [3.05, 3.63) is 0 Å². The first-order valence-corrected chi connectivity index (χ1v) is 13.0. The van der Waals surface area contributed by atoms with Gasteiger partial charge in [0, 0.05) is 5.92 Å². The number of Topliss-reactive ketones (excluding diaryl/α,β-unsaturated/α-hetero) is 1. The van der Waals surface area contributed by atoms with E-state index in [-0.39, 0.29) is 0 Å². The molecule has 0 amide bonds. The van der Waals surface area contributed by atoms with E-state index in [4.69, 9.17) is 0 Å². The first-order valence-electron chi connectivity index (χ1n) is 11.9. The molecule has 0 aromatic heterocycles. The lowest BCUT2D eigenvalue weighted by molar-refractivity contribution is -0.134. The molecule has 0 aromatic carbocycles. The van der Waals surface area contributed by atoms with Gasteiger partial charge in [-0.2, -0.15) is 0 Å². The molecule has 0 spiro atoms. The van der Waals surface area contributed by atoms with Gasteiger partial charge in [-0.1, -0.05) is 63.4 Å². The van der Waals surface area contributed by atoms with Crippen molar-refractivity contribution in [2.45, 2.75) is 98.8 Å². The largest absolute Gasteiger partial charge is 0.298 e. The fraction of sp³-hybridized carbons (Fsp3) is 0.960. The van der Waals surface area contributed by atoms with E-state index in [1.807, 2.05) is 0 Å². The molecule has 4 rings (SSSR count). The van der Waals surface area contributed by atoms with Crippen LogP contribution in [0.5, 0.6) is 0 Å². The number of alkyl halides is 1. The van der Waals surface area contributed by atoms with Gasteiger partial charge < -0.3 is 0 Å². The summed E-state index contributed by atoms with van der Waals surface area (Å²) in [5, 5.41) is 0.561. The van der Waals surface area contributed by atoms with Gasteiger partial charge in [0.15, 0.2) is 0 Å². The molecule has 2 heteroatoms. The van der Waals surface area contributed by atoms with E-state index in [1.165, 1.54) is 57.8 Å². The average Bonchev–Trinajstić information content (AvgIpc) is 2.99. The molecule has 156 valence electrons. The molecular formula is C25H43BrO. The first-order chi connectivity index (χ1) is 12.8. The minimum atomic E-state index is 0.303. The van der Waals surface area contributed by atoms with Gasteiger partial charge in [0.2, 0.25) is 0 Å². The van der Waals surface area contributed by atoms with E-state index in [1.54, 1.807) is 0 Å². The quantitative estimate of drug-likeness (QED) is 0.404. The van der Waals surface area contributed by atoms with Crippen molar-refractivity contribution in [2.75, 3.05) is 5.33 Å². The molecule has 0 N–H and O–H groups in total. The monoisotopic (exact) mass is 438 g/mol. The Morgan fingerprint density at radius 1 is 0.926 bits per heavy atom. The van der Waals surface area contributed by atoms with Crippen LogP contribution in [0.2, 0.25) is 0 Å². The zero-order valence-electron chi connectivity index (χ0n) is 18.5. The second kappa shape index (κ2) is 8.49. The molecule has 0 heterocycles. The zero-order valence-corrected chi connectivity index (χ0v) is 20.1. The summed E-state index contributed by atoms with van der Waals surface area (Å²) in [4.78, 5) is 12.5. The standard InChI is InChI=1S/C22H35BrO.C3H8/c1-14-8-10-21(2)15(12-14)4-5-16-17-6-7-19(20(24)13-23)22(17,3)11-9-18(16)21;1-3-2/h14-19H,4-13H2,1-3H3;3H2,1-2H3. The van der Waals surface area contributed by atoms with Crippen LogP contribution in [-0.2, 0) is 4.79 Å². The molecule has 4 fully saturated rings. The average molecular weight is 440 g/mol. The molecule has 0 radical (unpaired) electrons. The minimum Gasteiger partial charge on any atom is -0.298 e. The molecule has 0 aliphatic heterocycles. The lowest BCUT2D eigenvalue weighted by Crippen LogP contribution is -2.53. The highest BCUT2D eigenvalue weighted by atomic mass is 79.9. The number of hydrogen-bond donors (Lipinski definition) is 0. The number of ketones is 1. The summed E-state index contributed by atoms with van der Waals surface area (Å²) in [6, 6.07) is 0. The van der Waals surface area contributed by atoms with E-state index in [9.17, 15) is 4.79 Å². The SMILES string of the molecule is CC1CCC2(C)C(CCC3C2CCC2(C)C(C(=O)CBr)CCC32)C1.CCC. The Hall–Kier alpha value is 0.150.